The van der Waals surface area contributed by atoms with E-state index in [9.17, 15) is 10.1 Å². The van der Waals surface area contributed by atoms with Gasteiger partial charge in [-0.2, -0.15) is 0 Å². The highest BCUT2D eigenvalue weighted by atomic mass is 79.9. The third-order valence-electron chi connectivity index (χ3n) is 1.85. The second-order valence-electron chi connectivity index (χ2n) is 2.72. The molecule has 7 heteroatoms. The number of methoxy groups -OCH3 is 1. The van der Waals surface area contributed by atoms with Gasteiger partial charge in [0.05, 0.1) is 22.8 Å². The monoisotopic (exact) mass is 288 g/mol. The number of benzene rings is 1. The van der Waals surface area contributed by atoms with Gasteiger partial charge < -0.3 is 4.74 Å². The molecule has 1 aromatic carbocycles. The normalized spacial score (nSPS) is 10.5. The fourth-order valence-corrected chi connectivity index (χ4v) is 2.66. The van der Waals surface area contributed by atoms with Crippen LogP contribution in [0.25, 0.3) is 10.2 Å². The van der Waals surface area contributed by atoms with Gasteiger partial charge in [-0.05, 0) is 15.9 Å². The van der Waals surface area contributed by atoms with Crippen LogP contribution in [0.5, 0.6) is 5.75 Å². The molecule has 2 aromatic rings. The van der Waals surface area contributed by atoms with Crippen molar-refractivity contribution in [3.8, 4) is 5.75 Å². The van der Waals surface area contributed by atoms with Crippen LogP contribution >= 0.6 is 27.3 Å². The molecule has 78 valence electrons. The molecule has 0 spiro atoms. The lowest BCUT2D eigenvalue weighted by Gasteiger charge is -1.99. The lowest BCUT2D eigenvalue weighted by Crippen LogP contribution is -1.91. The van der Waals surface area contributed by atoms with Crippen LogP contribution in [0.2, 0.25) is 0 Å². The van der Waals surface area contributed by atoms with Gasteiger partial charge in [0.15, 0.2) is 9.43 Å². The van der Waals surface area contributed by atoms with E-state index in [4.69, 9.17) is 4.74 Å². The Bertz CT molecular complexity index is 540. The second kappa shape index (κ2) is 3.74. The molecular weight excluding hydrogens is 284 g/mol. The molecule has 0 aliphatic heterocycles. The van der Waals surface area contributed by atoms with Gasteiger partial charge >= 0.3 is 0 Å². The maximum atomic E-state index is 10.8. The molecule has 15 heavy (non-hydrogen) atoms. The van der Waals surface area contributed by atoms with Crippen LogP contribution in [-0.2, 0) is 0 Å². The summed E-state index contributed by atoms with van der Waals surface area (Å²) < 4.78 is 6.33. The van der Waals surface area contributed by atoms with Crippen molar-refractivity contribution < 1.29 is 9.66 Å². The minimum absolute atomic E-state index is 0.0358. The number of aromatic nitrogens is 1. The van der Waals surface area contributed by atoms with E-state index in [2.05, 4.69) is 20.9 Å². The summed E-state index contributed by atoms with van der Waals surface area (Å²) in [6, 6.07) is 3.10. The van der Waals surface area contributed by atoms with Crippen LogP contribution in [0, 0.1) is 10.1 Å². The molecule has 2 rings (SSSR count). The van der Waals surface area contributed by atoms with Gasteiger partial charge in [0, 0.05) is 6.07 Å². The molecule has 0 saturated carbocycles. The molecule has 1 heterocycles. The molecule has 0 bridgehead atoms. The van der Waals surface area contributed by atoms with E-state index in [0.717, 1.165) is 4.70 Å². The Morgan fingerprint density at radius 2 is 2.33 bits per heavy atom. The molecule has 5 nitrogen and oxygen atoms in total. The van der Waals surface area contributed by atoms with Crippen molar-refractivity contribution in [3.05, 3.63) is 26.2 Å². The van der Waals surface area contributed by atoms with Crippen molar-refractivity contribution in [2.45, 2.75) is 0 Å². The first-order valence-corrected chi connectivity index (χ1v) is 5.51. The molecule has 0 radical (unpaired) electrons. The molecule has 1 aromatic heterocycles. The van der Waals surface area contributed by atoms with E-state index in [1.807, 2.05) is 0 Å². The Balaban J connectivity index is 2.79. The van der Waals surface area contributed by atoms with Crippen LogP contribution in [0.3, 0.4) is 0 Å². The summed E-state index contributed by atoms with van der Waals surface area (Å²) in [5.74, 6) is 0.463. The highest BCUT2D eigenvalue weighted by Gasteiger charge is 2.17. The summed E-state index contributed by atoms with van der Waals surface area (Å²) in [6.45, 7) is 0. The third-order valence-corrected chi connectivity index (χ3v) is 3.31. The minimum atomic E-state index is -0.461. The van der Waals surface area contributed by atoms with Crippen molar-refractivity contribution in [1.29, 1.82) is 0 Å². The van der Waals surface area contributed by atoms with E-state index >= 15 is 0 Å². The van der Waals surface area contributed by atoms with Crippen LogP contribution < -0.4 is 4.74 Å². The van der Waals surface area contributed by atoms with Crippen molar-refractivity contribution in [3.63, 3.8) is 0 Å². The summed E-state index contributed by atoms with van der Waals surface area (Å²) in [5.41, 5.74) is 0.351. The Morgan fingerprint density at radius 3 is 2.93 bits per heavy atom. The molecular formula is C8H5BrN2O3S. The Labute approximate surface area is 97.0 Å². The average Bonchev–Trinajstić information content (AvgIpc) is 2.55. The first-order valence-electron chi connectivity index (χ1n) is 3.90. The second-order valence-corrected chi connectivity index (χ2v) is 5.02. The van der Waals surface area contributed by atoms with Crippen molar-refractivity contribution in [2.24, 2.45) is 0 Å². The molecule has 0 unspecified atom stereocenters. The number of thiazole rings is 1. The number of nitro groups is 1. The number of rotatable bonds is 2. The van der Waals surface area contributed by atoms with Crippen molar-refractivity contribution >= 4 is 43.2 Å². The number of non-ortho nitro benzene ring substituents is 1. The SMILES string of the molecule is COc1cc([N+](=O)[O-])c2nc(Br)sc2c1. The predicted octanol–water partition coefficient (Wildman–Crippen LogP) is 2.98. The summed E-state index contributed by atoms with van der Waals surface area (Å²) >= 11 is 4.53. The van der Waals surface area contributed by atoms with E-state index in [1.165, 1.54) is 24.5 Å². The summed E-state index contributed by atoms with van der Waals surface area (Å²) in [6.07, 6.45) is 0. The van der Waals surface area contributed by atoms with Gasteiger partial charge in [-0.15, -0.1) is 11.3 Å². The maximum absolute atomic E-state index is 10.8. The summed E-state index contributed by atoms with van der Waals surface area (Å²) in [4.78, 5) is 14.4. The smallest absolute Gasteiger partial charge is 0.300 e. The zero-order chi connectivity index (χ0) is 11.0. The minimum Gasteiger partial charge on any atom is -0.496 e. The van der Waals surface area contributed by atoms with Gasteiger partial charge in [0.2, 0.25) is 0 Å². The molecule has 0 amide bonds. The Morgan fingerprint density at radius 1 is 1.60 bits per heavy atom. The van der Waals surface area contributed by atoms with Crippen LogP contribution in [0.4, 0.5) is 5.69 Å². The number of halogens is 1. The van der Waals surface area contributed by atoms with Gasteiger partial charge in [-0.3, -0.25) is 10.1 Å². The van der Waals surface area contributed by atoms with Gasteiger partial charge in [-0.1, -0.05) is 0 Å². The number of fused-ring (bicyclic) bond motifs is 1. The number of hydrogen-bond acceptors (Lipinski definition) is 5. The summed E-state index contributed by atoms with van der Waals surface area (Å²) in [7, 11) is 1.47. The largest absolute Gasteiger partial charge is 0.496 e. The number of ether oxygens (including phenoxy) is 1. The molecule has 0 aliphatic carbocycles. The lowest BCUT2D eigenvalue weighted by atomic mass is 10.3. The average molecular weight is 289 g/mol. The molecule has 0 atom stereocenters. The van der Waals surface area contributed by atoms with E-state index in [1.54, 1.807) is 6.07 Å². The Kier molecular flexibility index (Phi) is 2.57. The van der Waals surface area contributed by atoms with Gasteiger partial charge in [-0.25, -0.2) is 4.98 Å². The predicted molar refractivity (Wildman–Crippen MR) is 60.5 cm³/mol. The van der Waals surface area contributed by atoms with Crippen LogP contribution in [0.1, 0.15) is 0 Å². The number of nitrogens with zero attached hydrogens (tertiary/aromatic N) is 2. The molecule has 0 fully saturated rings. The Hall–Kier alpha value is -1.21. The van der Waals surface area contributed by atoms with Crippen LogP contribution in [0.15, 0.2) is 16.0 Å². The molecule has 0 aliphatic rings. The highest BCUT2D eigenvalue weighted by molar-refractivity contribution is 9.11. The third kappa shape index (κ3) is 1.80. The fourth-order valence-electron chi connectivity index (χ4n) is 1.22. The van der Waals surface area contributed by atoms with E-state index in [-0.39, 0.29) is 5.69 Å². The molecule has 0 saturated heterocycles. The fraction of sp³-hybridized carbons (Fsp3) is 0.125. The molecule has 0 N–H and O–H groups in total. The van der Waals surface area contributed by atoms with Crippen molar-refractivity contribution in [2.75, 3.05) is 7.11 Å². The van der Waals surface area contributed by atoms with Crippen molar-refractivity contribution in [1.82, 2.24) is 4.98 Å². The maximum Gasteiger partial charge on any atom is 0.300 e. The van der Waals surface area contributed by atoms with Gasteiger partial charge in [0.25, 0.3) is 5.69 Å². The number of nitro benzene ring substituents is 1. The number of hydrogen-bond donors (Lipinski definition) is 0. The quantitative estimate of drug-likeness (QED) is 0.629. The highest BCUT2D eigenvalue weighted by Crippen LogP contribution is 2.35. The van der Waals surface area contributed by atoms with Crippen LogP contribution in [-0.4, -0.2) is 17.0 Å². The van der Waals surface area contributed by atoms with E-state index < -0.39 is 4.92 Å². The zero-order valence-corrected chi connectivity index (χ0v) is 9.96. The standard InChI is InChI=1S/C8H5BrN2O3S/c1-14-4-2-5(11(12)13)7-6(3-4)15-8(9)10-7/h2-3H,1H3. The zero-order valence-electron chi connectivity index (χ0n) is 7.56. The summed E-state index contributed by atoms with van der Waals surface area (Å²) in [5, 5.41) is 10.8. The lowest BCUT2D eigenvalue weighted by molar-refractivity contribution is -0.383. The first-order chi connectivity index (χ1) is 7.11. The van der Waals surface area contributed by atoms with E-state index in [0.29, 0.717) is 15.2 Å². The topological polar surface area (TPSA) is 65.3 Å². The first kappa shape index (κ1) is 10.3. The van der Waals surface area contributed by atoms with Gasteiger partial charge in [0.1, 0.15) is 5.75 Å².